The number of aromatic nitrogens is 2. The van der Waals surface area contributed by atoms with Gasteiger partial charge in [0.2, 0.25) is 5.78 Å². The Morgan fingerprint density at radius 3 is 2.25 bits per heavy atom. The van der Waals surface area contributed by atoms with Gasteiger partial charge in [-0.2, -0.15) is 5.10 Å². The van der Waals surface area contributed by atoms with Gasteiger partial charge in [-0.05, 0) is 45.7 Å². The third kappa shape index (κ3) is 2.50. The normalized spacial score (nSPS) is 11.2. The monoisotopic (exact) mass is 290 g/mol. The van der Waals surface area contributed by atoms with Crippen LogP contribution in [0.15, 0.2) is 18.3 Å². The van der Waals surface area contributed by atoms with E-state index in [2.05, 4.69) is 5.10 Å². The van der Waals surface area contributed by atoms with Crippen molar-refractivity contribution in [2.45, 2.75) is 40.7 Å². The zero-order chi connectivity index (χ0) is 15.0. The molecule has 0 saturated heterocycles. The van der Waals surface area contributed by atoms with E-state index in [-0.39, 0.29) is 11.8 Å². The molecule has 0 radical (unpaired) electrons. The van der Waals surface area contributed by atoms with Crippen LogP contribution in [0.4, 0.5) is 0 Å². The first-order valence-electron chi connectivity index (χ1n) is 6.68. The summed E-state index contributed by atoms with van der Waals surface area (Å²) in [6.07, 6.45) is 1.54. The van der Waals surface area contributed by atoms with Crippen molar-refractivity contribution in [1.29, 1.82) is 0 Å². The smallest absolute Gasteiger partial charge is 0.213 e. The van der Waals surface area contributed by atoms with Gasteiger partial charge in [0.25, 0.3) is 0 Å². The fourth-order valence-corrected chi connectivity index (χ4v) is 2.82. The molecule has 0 aliphatic heterocycles. The topological polar surface area (TPSA) is 34.9 Å². The fraction of sp³-hybridized carbons (Fsp3) is 0.375. The van der Waals surface area contributed by atoms with E-state index in [4.69, 9.17) is 11.6 Å². The van der Waals surface area contributed by atoms with Gasteiger partial charge < -0.3 is 0 Å². The van der Waals surface area contributed by atoms with Crippen LogP contribution in [0.1, 0.15) is 52.6 Å². The summed E-state index contributed by atoms with van der Waals surface area (Å²) in [6, 6.07) is 4.13. The van der Waals surface area contributed by atoms with Gasteiger partial charge in [0.1, 0.15) is 5.69 Å². The van der Waals surface area contributed by atoms with Crippen LogP contribution in [-0.4, -0.2) is 15.6 Å². The van der Waals surface area contributed by atoms with Crippen molar-refractivity contribution in [3.63, 3.8) is 0 Å². The number of halogens is 1. The first-order chi connectivity index (χ1) is 9.32. The molecule has 4 heteroatoms. The summed E-state index contributed by atoms with van der Waals surface area (Å²) < 4.78 is 1.68. The summed E-state index contributed by atoms with van der Waals surface area (Å²) in [6.45, 7) is 9.90. The Kier molecular flexibility index (Phi) is 4.00. The van der Waals surface area contributed by atoms with E-state index >= 15 is 0 Å². The molecule has 0 atom stereocenters. The Morgan fingerprint density at radius 1 is 1.20 bits per heavy atom. The van der Waals surface area contributed by atoms with Crippen molar-refractivity contribution in [2.75, 3.05) is 0 Å². The summed E-state index contributed by atoms with van der Waals surface area (Å²) in [5, 5.41) is 4.61. The first-order valence-corrected chi connectivity index (χ1v) is 7.06. The Balaban J connectivity index is 2.61. The SMILES string of the molecule is Cc1cc(C)c(C(=O)c2c(Cl)cnn2C(C)C)c(C)c1. The van der Waals surface area contributed by atoms with Crippen LogP contribution in [0.2, 0.25) is 5.02 Å². The average Bonchev–Trinajstić information content (AvgIpc) is 2.69. The van der Waals surface area contributed by atoms with Gasteiger partial charge in [-0.1, -0.05) is 29.3 Å². The molecule has 3 nitrogen and oxygen atoms in total. The number of carbonyl (C=O) groups is 1. The molecule has 0 unspecified atom stereocenters. The van der Waals surface area contributed by atoms with Crippen LogP contribution in [0, 0.1) is 20.8 Å². The van der Waals surface area contributed by atoms with E-state index in [0.29, 0.717) is 10.7 Å². The molecular weight excluding hydrogens is 272 g/mol. The highest BCUT2D eigenvalue weighted by molar-refractivity contribution is 6.34. The maximum absolute atomic E-state index is 12.9. The molecule has 0 N–H and O–H groups in total. The van der Waals surface area contributed by atoms with Crippen LogP contribution in [-0.2, 0) is 0 Å². The number of hydrogen-bond acceptors (Lipinski definition) is 2. The lowest BCUT2D eigenvalue weighted by Crippen LogP contribution is -2.16. The highest BCUT2D eigenvalue weighted by Crippen LogP contribution is 2.26. The van der Waals surface area contributed by atoms with E-state index in [0.717, 1.165) is 22.3 Å². The second-order valence-electron chi connectivity index (χ2n) is 5.48. The van der Waals surface area contributed by atoms with E-state index in [9.17, 15) is 4.79 Å². The lowest BCUT2D eigenvalue weighted by atomic mass is 9.95. The van der Waals surface area contributed by atoms with Crippen LogP contribution < -0.4 is 0 Å². The molecular formula is C16H19ClN2O. The Morgan fingerprint density at radius 2 is 1.75 bits per heavy atom. The molecule has 0 spiro atoms. The largest absolute Gasteiger partial charge is 0.287 e. The molecule has 0 amide bonds. The van der Waals surface area contributed by atoms with E-state index in [1.54, 1.807) is 4.68 Å². The maximum Gasteiger partial charge on any atom is 0.213 e. The Hall–Kier alpha value is -1.61. The Bertz CT molecular complexity index is 648. The van der Waals surface area contributed by atoms with Gasteiger partial charge >= 0.3 is 0 Å². The van der Waals surface area contributed by atoms with Crippen LogP contribution in [0.3, 0.4) is 0 Å². The molecule has 20 heavy (non-hydrogen) atoms. The summed E-state index contributed by atoms with van der Waals surface area (Å²) in [4.78, 5) is 12.9. The lowest BCUT2D eigenvalue weighted by Gasteiger charge is -2.14. The summed E-state index contributed by atoms with van der Waals surface area (Å²) in [5.41, 5.74) is 4.29. The summed E-state index contributed by atoms with van der Waals surface area (Å²) in [7, 11) is 0. The van der Waals surface area contributed by atoms with Gasteiger partial charge in [0.05, 0.1) is 11.2 Å². The molecule has 2 aromatic rings. The maximum atomic E-state index is 12.9. The Labute approximate surface area is 124 Å². The highest BCUT2D eigenvalue weighted by atomic mass is 35.5. The van der Waals surface area contributed by atoms with Crippen LogP contribution >= 0.6 is 11.6 Å². The van der Waals surface area contributed by atoms with Crippen LogP contribution in [0.5, 0.6) is 0 Å². The minimum absolute atomic E-state index is 0.0591. The quantitative estimate of drug-likeness (QED) is 0.791. The molecule has 1 heterocycles. The van der Waals surface area contributed by atoms with Gasteiger partial charge in [-0.3, -0.25) is 9.48 Å². The standard InChI is InChI=1S/C16H19ClN2O/c1-9(2)19-15(13(17)8-18-19)16(20)14-11(4)6-10(3)7-12(14)5/h6-9H,1-5H3. The third-order valence-corrected chi connectivity index (χ3v) is 3.64. The number of rotatable bonds is 3. The molecule has 106 valence electrons. The van der Waals surface area contributed by atoms with Crippen molar-refractivity contribution in [1.82, 2.24) is 9.78 Å². The van der Waals surface area contributed by atoms with Crippen molar-refractivity contribution < 1.29 is 4.79 Å². The summed E-state index contributed by atoms with van der Waals surface area (Å²) >= 11 is 6.17. The second kappa shape index (κ2) is 5.41. The number of carbonyl (C=O) groups excluding carboxylic acids is 1. The lowest BCUT2D eigenvalue weighted by molar-refractivity contribution is 0.102. The zero-order valence-corrected chi connectivity index (χ0v) is 13.2. The molecule has 0 aliphatic carbocycles. The molecule has 2 rings (SSSR count). The van der Waals surface area contributed by atoms with Gasteiger partial charge in [-0.15, -0.1) is 0 Å². The van der Waals surface area contributed by atoms with Crippen molar-refractivity contribution in [3.8, 4) is 0 Å². The number of nitrogens with zero attached hydrogens (tertiary/aromatic N) is 2. The second-order valence-corrected chi connectivity index (χ2v) is 5.89. The number of hydrogen-bond donors (Lipinski definition) is 0. The number of benzene rings is 1. The predicted octanol–water partition coefficient (Wildman–Crippen LogP) is 4.27. The molecule has 0 bridgehead atoms. The average molecular weight is 291 g/mol. The molecule has 0 fully saturated rings. The minimum atomic E-state index is -0.0591. The van der Waals surface area contributed by atoms with Crippen molar-refractivity contribution in [2.24, 2.45) is 0 Å². The van der Waals surface area contributed by atoms with Crippen molar-refractivity contribution in [3.05, 3.63) is 51.3 Å². The van der Waals surface area contributed by atoms with Crippen molar-refractivity contribution >= 4 is 17.4 Å². The van der Waals surface area contributed by atoms with E-state index in [1.165, 1.54) is 6.20 Å². The van der Waals surface area contributed by atoms with Crippen LogP contribution in [0.25, 0.3) is 0 Å². The predicted molar refractivity (Wildman–Crippen MR) is 81.7 cm³/mol. The van der Waals surface area contributed by atoms with Gasteiger partial charge in [0.15, 0.2) is 0 Å². The molecule has 1 aromatic heterocycles. The zero-order valence-electron chi connectivity index (χ0n) is 12.5. The molecule has 0 saturated carbocycles. The fourth-order valence-electron chi connectivity index (χ4n) is 2.60. The van der Waals surface area contributed by atoms with Gasteiger partial charge in [-0.25, -0.2) is 0 Å². The third-order valence-electron chi connectivity index (χ3n) is 3.36. The molecule has 0 aliphatic rings. The van der Waals surface area contributed by atoms with E-state index < -0.39 is 0 Å². The number of ketones is 1. The van der Waals surface area contributed by atoms with E-state index in [1.807, 2.05) is 46.8 Å². The van der Waals surface area contributed by atoms with Gasteiger partial charge in [0, 0.05) is 11.6 Å². The first kappa shape index (κ1) is 14.8. The minimum Gasteiger partial charge on any atom is -0.287 e. The summed E-state index contributed by atoms with van der Waals surface area (Å²) in [5.74, 6) is -0.0591. The molecule has 1 aromatic carbocycles. The number of aryl methyl sites for hydroxylation is 3. The highest BCUT2D eigenvalue weighted by Gasteiger charge is 2.23.